The third kappa shape index (κ3) is 5.76. The van der Waals surface area contributed by atoms with E-state index in [1.807, 2.05) is 0 Å². The van der Waals surface area contributed by atoms with Crippen LogP contribution in [0.4, 0.5) is 0 Å². The molecule has 0 aliphatic rings. The summed E-state index contributed by atoms with van der Waals surface area (Å²) in [5.41, 5.74) is 5.45. The van der Waals surface area contributed by atoms with Crippen LogP contribution in [0.15, 0.2) is 91.0 Å². The van der Waals surface area contributed by atoms with Crippen molar-refractivity contribution in [2.24, 2.45) is 5.92 Å². The first-order chi connectivity index (χ1) is 12.3. The number of hydrogen-bond donors (Lipinski definition) is 0. The molecule has 0 aliphatic carbocycles. The van der Waals surface area contributed by atoms with Crippen LogP contribution < -0.4 is 0 Å². The SMILES string of the molecule is Cc1ccc(CC(CC=Cc2ccccc2)Cc2ccccc2)cc1. The quantitative estimate of drug-likeness (QED) is 0.465. The Hall–Kier alpha value is -2.60. The molecule has 0 aromatic heterocycles. The number of allylic oxidation sites excluding steroid dienone is 1. The molecule has 0 N–H and O–H groups in total. The Labute approximate surface area is 151 Å². The van der Waals surface area contributed by atoms with Gasteiger partial charge in [-0.05, 0) is 48.8 Å². The number of aryl methyl sites for hydroxylation is 1. The van der Waals surface area contributed by atoms with Crippen LogP contribution in [-0.4, -0.2) is 0 Å². The van der Waals surface area contributed by atoms with E-state index in [0.717, 1.165) is 19.3 Å². The van der Waals surface area contributed by atoms with Gasteiger partial charge in [0.15, 0.2) is 0 Å². The minimum absolute atomic E-state index is 0.616. The van der Waals surface area contributed by atoms with Crippen LogP contribution in [0, 0.1) is 12.8 Å². The van der Waals surface area contributed by atoms with Crippen LogP contribution in [0.2, 0.25) is 0 Å². The summed E-state index contributed by atoms with van der Waals surface area (Å²) in [6.07, 6.45) is 7.91. The summed E-state index contributed by atoms with van der Waals surface area (Å²) >= 11 is 0. The van der Waals surface area contributed by atoms with Gasteiger partial charge in [0.1, 0.15) is 0 Å². The Kier molecular flexibility index (Phi) is 6.23. The second kappa shape index (κ2) is 9.03. The highest BCUT2D eigenvalue weighted by atomic mass is 14.1. The minimum atomic E-state index is 0.616. The molecule has 0 fully saturated rings. The van der Waals surface area contributed by atoms with Gasteiger partial charge in [-0.2, -0.15) is 0 Å². The van der Waals surface area contributed by atoms with Gasteiger partial charge in [0.05, 0.1) is 0 Å². The Morgan fingerprint density at radius 1 is 0.680 bits per heavy atom. The predicted octanol–water partition coefficient (Wildman–Crippen LogP) is 6.50. The Balaban J connectivity index is 1.69. The molecule has 3 aromatic carbocycles. The highest BCUT2D eigenvalue weighted by Gasteiger charge is 2.09. The molecule has 3 rings (SSSR count). The smallest absolute Gasteiger partial charge is 0.0244 e. The predicted molar refractivity (Wildman–Crippen MR) is 109 cm³/mol. The first-order valence-electron chi connectivity index (χ1n) is 9.10. The molecule has 0 saturated carbocycles. The maximum absolute atomic E-state index is 2.33. The van der Waals surface area contributed by atoms with Crippen molar-refractivity contribution in [1.82, 2.24) is 0 Å². The zero-order valence-corrected chi connectivity index (χ0v) is 14.9. The molecule has 1 unspecified atom stereocenters. The van der Waals surface area contributed by atoms with Crippen LogP contribution in [0.3, 0.4) is 0 Å². The highest BCUT2D eigenvalue weighted by Crippen LogP contribution is 2.20. The molecule has 0 nitrogen and oxygen atoms in total. The van der Waals surface area contributed by atoms with Gasteiger partial charge in [0, 0.05) is 0 Å². The first kappa shape index (κ1) is 17.2. The monoisotopic (exact) mass is 326 g/mol. The van der Waals surface area contributed by atoms with E-state index in [1.165, 1.54) is 22.3 Å². The molecular weight excluding hydrogens is 300 g/mol. The van der Waals surface area contributed by atoms with Gasteiger partial charge >= 0.3 is 0 Å². The maximum Gasteiger partial charge on any atom is -0.0244 e. The van der Waals surface area contributed by atoms with Crippen molar-refractivity contribution in [2.45, 2.75) is 26.2 Å². The van der Waals surface area contributed by atoms with E-state index in [4.69, 9.17) is 0 Å². The van der Waals surface area contributed by atoms with Gasteiger partial charge in [-0.25, -0.2) is 0 Å². The summed E-state index contributed by atoms with van der Waals surface area (Å²) in [5.74, 6) is 0.616. The van der Waals surface area contributed by atoms with E-state index >= 15 is 0 Å². The van der Waals surface area contributed by atoms with E-state index in [1.54, 1.807) is 0 Å². The number of benzene rings is 3. The average Bonchev–Trinajstić information content (AvgIpc) is 2.65. The summed E-state index contributed by atoms with van der Waals surface area (Å²) in [4.78, 5) is 0. The second-order valence-corrected chi connectivity index (χ2v) is 6.79. The first-order valence-corrected chi connectivity index (χ1v) is 9.10. The van der Waals surface area contributed by atoms with Crippen LogP contribution in [-0.2, 0) is 12.8 Å². The molecule has 0 aliphatic heterocycles. The zero-order valence-electron chi connectivity index (χ0n) is 14.9. The van der Waals surface area contributed by atoms with Crippen molar-refractivity contribution in [1.29, 1.82) is 0 Å². The van der Waals surface area contributed by atoms with E-state index < -0.39 is 0 Å². The van der Waals surface area contributed by atoms with Crippen molar-refractivity contribution < 1.29 is 0 Å². The molecule has 25 heavy (non-hydrogen) atoms. The van der Waals surface area contributed by atoms with E-state index in [0.29, 0.717) is 5.92 Å². The van der Waals surface area contributed by atoms with Crippen molar-refractivity contribution in [3.8, 4) is 0 Å². The Morgan fingerprint density at radius 2 is 1.24 bits per heavy atom. The molecule has 0 heteroatoms. The molecule has 0 radical (unpaired) electrons. The minimum Gasteiger partial charge on any atom is -0.0836 e. The lowest BCUT2D eigenvalue weighted by Gasteiger charge is -2.16. The zero-order chi connectivity index (χ0) is 17.3. The maximum atomic E-state index is 2.33. The summed E-state index contributed by atoms with van der Waals surface area (Å²) in [7, 11) is 0. The molecule has 3 aromatic rings. The topological polar surface area (TPSA) is 0 Å². The van der Waals surface area contributed by atoms with Gasteiger partial charge in [-0.3, -0.25) is 0 Å². The van der Waals surface area contributed by atoms with Crippen molar-refractivity contribution in [3.63, 3.8) is 0 Å². The molecular formula is C25H26. The molecule has 0 spiro atoms. The highest BCUT2D eigenvalue weighted by molar-refractivity contribution is 5.48. The normalized spacial score (nSPS) is 12.4. The van der Waals surface area contributed by atoms with Crippen LogP contribution in [0.1, 0.15) is 28.7 Å². The van der Waals surface area contributed by atoms with Gasteiger partial charge in [0.25, 0.3) is 0 Å². The fourth-order valence-electron chi connectivity index (χ4n) is 3.20. The van der Waals surface area contributed by atoms with Gasteiger partial charge in [0.2, 0.25) is 0 Å². The molecule has 0 heterocycles. The fraction of sp³-hybridized carbons (Fsp3) is 0.200. The van der Waals surface area contributed by atoms with Crippen LogP contribution >= 0.6 is 0 Å². The standard InChI is InChI=1S/C25H26/c1-21-15-17-24(18-16-21)20-25(19-23-11-6-3-7-12-23)14-8-13-22-9-4-2-5-10-22/h2-13,15-18,25H,14,19-20H2,1H3. The lowest BCUT2D eigenvalue weighted by molar-refractivity contribution is 0.529. The van der Waals surface area contributed by atoms with Crippen LogP contribution in [0.25, 0.3) is 6.08 Å². The Bertz CT molecular complexity index is 767. The molecule has 0 amide bonds. The average molecular weight is 326 g/mol. The molecule has 0 saturated heterocycles. The lowest BCUT2D eigenvalue weighted by atomic mass is 9.89. The summed E-state index contributed by atoms with van der Waals surface area (Å²) < 4.78 is 0. The molecule has 1 atom stereocenters. The van der Waals surface area contributed by atoms with Gasteiger partial charge in [-0.1, -0.05) is 103 Å². The summed E-state index contributed by atoms with van der Waals surface area (Å²) in [6, 6.07) is 30.4. The van der Waals surface area contributed by atoms with Crippen LogP contribution in [0.5, 0.6) is 0 Å². The van der Waals surface area contributed by atoms with Gasteiger partial charge < -0.3 is 0 Å². The van der Waals surface area contributed by atoms with E-state index in [9.17, 15) is 0 Å². The number of hydrogen-bond acceptors (Lipinski definition) is 0. The second-order valence-electron chi connectivity index (χ2n) is 6.79. The molecule has 126 valence electrons. The largest absolute Gasteiger partial charge is 0.0836 e. The third-order valence-corrected chi connectivity index (χ3v) is 4.59. The van der Waals surface area contributed by atoms with Crippen molar-refractivity contribution in [2.75, 3.05) is 0 Å². The fourth-order valence-corrected chi connectivity index (χ4v) is 3.20. The summed E-state index contributed by atoms with van der Waals surface area (Å²) in [6.45, 7) is 2.15. The Morgan fingerprint density at radius 3 is 1.88 bits per heavy atom. The van der Waals surface area contributed by atoms with E-state index in [2.05, 4.69) is 104 Å². The number of rotatable bonds is 7. The van der Waals surface area contributed by atoms with Crippen molar-refractivity contribution in [3.05, 3.63) is 113 Å². The molecule has 0 bridgehead atoms. The third-order valence-electron chi connectivity index (χ3n) is 4.59. The van der Waals surface area contributed by atoms with Gasteiger partial charge in [-0.15, -0.1) is 0 Å². The van der Waals surface area contributed by atoms with E-state index in [-0.39, 0.29) is 0 Å². The lowest BCUT2D eigenvalue weighted by Crippen LogP contribution is -2.07. The van der Waals surface area contributed by atoms with Crippen molar-refractivity contribution >= 4 is 6.08 Å². The summed E-state index contributed by atoms with van der Waals surface area (Å²) in [5, 5.41) is 0.